The van der Waals surface area contributed by atoms with Gasteiger partial charge in [-0.05, 0) is 41.8 Å². The van der Waals surface area contributed by atoms with Crippen molar-refractivity contribution in [1.29, 1.82) is 0 Å². The Morgan fingerprint density at radius 3 is 2.61 bits per heavy atom. The van der Waals surface area contributed by atoms with Crippen molar-refractivity contribution in [3.8, 4) is 5.75 Å². The minimum absolute atomic E-state index is 0.129. The number of amides is 1. The number of anilines is 1. The molecule has 0 saturated carbocycles. The van der Waals surface area contributed by atoms with E-state index in [1.165, 1.54) is 0 Å². The number of halogens is 2. The van der Waals surface area contributed by atoms with Crippen molar-refractivity contribution < 1.29 is 13.9 Å². The molecule has 0 atom stereocenters. The molecule has 0 saturated heterocycles. The summed E-state index contributed by atoms with van der Waals surface area (Å²) in [6.45, 7) is 4.37. The van der Waals surface area contributed by atoms with E-state index in [1.54, 1.807) is 29.1 Å². The average Bonchev–Trinajstić information content (AvgIpc) is 3.42. The second-order valence-electron chi connectivity index (χ2n) is 7.22. The monoisotopic (exact) mass is 481 g/mol. The molecule has 0 unspecified atom stereocenters. The average molecular weight is 482 g/mol. The molecule has 1 N–H and O–H groups in total. The lowest BCUT2D eigenvalue weighted by Gasteiger charge is -2.08. The minimum atomic E-state index is -0.460. The number of aromatic nitrogens is 2. The molecule has 0 radical (unpaired) electrons. The molecular weight excluding hydrogens is 461 g/mol. The van der Waals surface area contributed by atoms with Gasteiger partial charge in [-0.15, -0.1) is 6.58 Å². The van der Waals surface area contributed by atoms with E-state index >= 15 is 0 Å². The summed E-state index contributed by atoms with van der Waals surface area (Å²) in [6, 6.07) is 18.4. The summed E-state index contributed by atoms with van der Waals surface area (Å²) in [5, 5.41) is 7.96. The number of rotatable bonds is 9. The molecule has 33 heavy (non-hydrogen) atoms. The third-order valence-corrected chi connectivity index (χ3v) is 5.48. The number of carbonyl (C=O) groups excluding carboxylic acids is 1. The molecule has 168 valence electrons. The molecule has 2 heterocycles. The van der Waals surface area contributed by atoms with E-state index in [1.807, 2.05) is 48.5 Å². The van der Waals surface area contributed by atoms with Crippen LogP contribution in [0.25, 0.3) is 0 Å². The largest absolute Gasteiger partial charge is 0.485 e. The van der Waals surface area contributed by atoms with Crippen LogP contribution < -0.4 is 10.1 Å². The fourth-order valence-electron chi connectivity index (χ4n) is 3.23. The van der Waals surface area contributed by atoms with Crippen molar-refractivity contribution in [3.05, 3.63) is 112 Å². The summed E-state index contributed by atoms with van der Waals surface area (Å²) < 4.78 is 13.1. The van der Waals surface area contributed by atoms with Gasteiger partial charge in [-0.2, -0.15) is 5.10 Å². The number of ether oxygens (including phenoxy) is 1. The highest BCUT2D eigenvalue weighted by molar-refractivity contribution is 6.33. The van der Waals surface area contributed by atoms with Gasteiger partial charge in [-0.3, -0.25) is 9.48 Å². The number of furan rings is 1. The molecule has 1 amide bonds. The number of hydrogen-bond acceptors (Lipinski definition) is 4. The Labute approximate surface area is 201 Å². The summed E-state index contributed by atoms with van der Waals surface area (Å²) in [6.07, 6.45) is 4.15. The lowest BCUT2D eigenvalue weighted by Crippen LogP contribution is -2.12. The Balaban J connectivity index is 1.38. The molecule has 0 aliphatic heterocycles. The third kappa shape index (κ3) is 5.66. The van der Waals surface area contributed by atoms with Gasteiger partial charge in [0.15, 0.2) is 11.6 Å². The van der Waals surface area contributed by atoms with E-state index in [4.69, 9.17) is 32.4 Å². The highest BCUT2D eigenvalue weighted by atomic mass is 35.5. The van der Waals surface area contributed by atoms with Crippen LogP contribution >= 0.6 is 23.2 Å². The highest BCUT2D eigenvalue weighted by Crippen LogP contribution is 2.24. The van der Waals surface area contributed by atoms with Crippen molar-refractivity contribution in [2.24, 2.45) is 0 Å². The summed E-state index contributed by atoms with van der Waals surface area (Å²) >= 11 is 12.5. The molecular formula is C25H21Cl2N3O3. The van der Waals surface area contributed by atoms with E-state index in [9.17, 15) is 4.79 Å². The second-order valence-corrected chi connectivity index (χ2v) is 8.04. The molecule has 2 aromatic carbocycles. The molecule has 4 aromatic rings. The van der Waals surface area contributed by atoms with Crippen LogP contribution in [0.5, 0.6) is 5.75 Å². The van der Waals surface area contributed by atoms with Crippen LogP contribution in [0, 0.1) is 0 Å². The van der Waals surface area contributed by atoms with E-state index in [0.717, 1.165) is 16.9 Å². The molecule has 0 bridgehead atoms. The van der Waals surface area contributed by atoms with Crippen molar-refractivity contribution in [2.45, 2.75) is 19.6 Å². The summed E-state index contributed by atoms with van der Waals surface area (Å²) in [7, 11) is 0. The normalized spacial score (nSPS) is 10.7. The van der Waals surface area contributed by atoms with Crippen molar-refractivity contribution in [2.75, 3.05) is 5.32 Å². The molecule has 0 aliphatic carbocycles. The Bertz CT molecular complexity index is 1280. The van der Waals surface area contributed by atoms with Gasteiger partial charge in [0.25, 0.3) is 5.91 Å². The number of carbonyl (C=O) groups is 1. The maximum Gasteiger partial charge on any atom is 0.292 e. The van der Waals surface area contributed by atoms with Gasteiger partial charge in [-0.25, -0.2) is 0 Å². The third-order valence-electron chi connectivity index (χ3n) is 4.83. The van der Waals surface area contributed by atoms with Gasteiger partial charge in [0, 0.05) is 11.2 Å². The van der Waals surface area contributed by atoms with Gasteiger partial charge < -0.3 is 14.5 Å². The number of hydrogen-bond donors (Lipinski definition) is 1. The number of nitrogens with zero attached hydrogens (tertiary/aromatic N) is 2. The molecule has 0 aliphatic rings. The van der Waals surface area contributed by atoms with Crippen LogP contribution in [0.3, 0.4) is 0 Å². The standard InChI is InChI=1S/C25H21Cl2N3O3/c1-2-7-17-8-4-6-11-22(17)32-16-19-12-13-23(33-19)25(31)28-24-21(27)15-30(29-24)14-18-9-3-5-10-20(18)26/h2-6,8-13,15H,1,7,14,16H2,(H,28,29,31). The van der Waals surface area contributed by atoms with E-state index < -0.39 is 5.91 Å². The molecule has 6 nitrogen and oxygen atoms in total. The predicted octanol–water partition coefficient (Wildman–Crippen LogP) is 6.39. The number of nitrogens with one attached hydrogen (secondary N) is 1. The van der Waals surface area contributed by atoms with Crippen molar-refractivity contribution in [3.63, 3.8) is 0 Å². The van der Waals surface area contributed by atoms with Crippen molar-refractivity contribution >= 4 is 34.9 Å². The van der Waals surface area contributed by atoms with Crippen LogP contribution in [0.2, 0.25) is 10.0 Å². The van der Waals surface area contributed by atoms with Gasteiger partial charge in [0.2, 0.25) is 0 Å². The van der Waals surface area contributed by atoms with Crippen LogP contribution in [0.15, 0.2) is 83.9 Å². The van der Waals surface area contributed by atoms with Gasteiger partial charge in [-0.1, -0.05) is 65.7 Å². The number of allylic oxidation sites excluding steroid dienone is 1. The van der Waals surface area contributed by atoms with Gasteiger partial charge in [0.05, 0.1) is 6.54 Å². The quantitative estimate of drug-likeness (QED) is 0.281. The molecule has 2 aromatic heterocycles. The zero-order valence-corrected chi connectivity index (χ0v) is 19.1. The molecule has 4 rings (SSSR count). The maximum atomic E-state index is 12.6. The lowest BCUT2D eigenvalue weighted by molar-refractivity contribution is 0.0992. The predicted molar refractivity (Wildman–Crippen MR) is 129 cm³/mol. The van der Waals surface area contributed by atoms with Crippen LogP contribution in [-0.2, 0) is 19.6 Å². The first kappa shape index (κ1) is 22.7. The second kappa shape index (κ2) is 10.4. The summed E-state index contributed by atoms with van der Waals surface area (Å²) in [4.78, 5) is 12.6. The number of para-hydroxylation sites is 1. The van der Waals surface area contributed by atoms with E-state index in [-0.39, 0.29) is 18.2 Å². The van der Waals surface area contributed by atoms with Crippen LogP contribution in [-0.4, -0.2) is 15.7 Å². The summed E-state index contributed by atoms with van der Waals surface area (Å²) in [5.41, 5.74) is 1.92. The van der Waals surface area contributed by atoms with E-state index in [2.05, 4.69) is 17.0 Å². The Morgan fingerprint density at radius 2 is 1.82 bits per heavy atom. The smallest absolute Gasteiger partial charge is 0.292 e. The Hall–Kier alpha value is -3.48. The van der Waals surface area contributed by atoms with Crippen LogP contribution in [0.1, 0.15) is 27.4 Å². The lowest BCUT2D eigenvalue weighted by atomic mass is 10.1. The topological polar surface area (TPSA) is 69.3 Å². The fourth-order valence-corrected chi connectivity index (χ4v) is 3.62. The molecule has 0 spiro atoms. The summed E-state index contributed by atoms with van der Waals surface area (Å²) in [5.74, 6) is 1.17. The van der Waals surface area contributed by atoms with Crippen molar-refractivity contribution in [1.82, 2.24) is 9.78 Å². The zero-order valence-electron chi connectivity index (χ0n) is 17.6. The maximum absolute atomic E-state index is 12.6. The molecule has 0 fully saturated rings. The first-order valence-electron chi connectivity index (χ1n) is 10.2. The SMILES string of the molecule is C=CCc1ccccc1OCc1ccc(C(=O)Nc2nn(Cc3ccccc3Cl)cc2Cl)o1. The highest BCUT2D eigenvalue weighted by Gasteiger charge is 2.16. The molecule has 8 heteroatoms. The van der Waals surface area contributed by atoms with E-state index in [0.29, 0.717) is 28.8 Å². The Kier molecular flexibility index (Phi) is 7.17. The first-order valence-corrected chi connectivity index (χ1v) is 11.0. The minimum Gasteiger partial charge on any atom is -0.485 e. The van der Waals surface area contributed by atoms with Crippen LogP contribution in [0.4, 0.5) is 5.82 Å². The Morgan fingerprint density at radius 1 is 1.06 bits per heavy atom. The first-order chi connectivity index (χ1) is 16.0. The fraction of sp³-hybridized carbons (Fsp3) is 0.120. The van der Waals surface area contributed by atoms with Gasteiger partial charge >= 0.3 is 0 Å². The number of benzene rings is 2. The van der Waals surface area contributed by atoms with Gasteiger partial charge in [0.1, 0.15) is 23.1 Å². The zero-order chi connectivity index (χ0) is 23.2.